The Kier molecular flexibility index (Phi) is 11.6. The summed E-state index contributed by atoms with van der Waals surface area (Å²) in [5.41, 5.74) is 3.52. The Morgan fingerprint density at radius 1 is 1.09 bits per heavy atom. The van der Waals surface area contributed by atoms with Crippen molar-refractivity contribution in [2.75, 3.05) is 13.2 Å². The van der Waals surface area contributed by atoms with Crippen LogP contribution in [0.15, 0.2) is 28.1 Å². The number of hydrogen-bond acceptors (Lipinski definition) is 16. The molecule has 11 atom stereocenters. The largest absolute Gasteiger partial charge is 0.483 e. The number of aromatic nitrogens is 2. The predicted octanol–water partition coefficient (Wildman–Crippen LogP) is -4.63. The molecule has 1 amide bonds. The standard InChI is InChI=1S/C20H32N4O17P2/c1-8(26)22-12-15(29)13(27)10(6-25)39-19(12)40-43(35,36)41-42(33,34)37-7-11-14(28)16(30)18(38-11)24-5-9(3-2-4-21)17(31)23-20(24)32/h2,4-5,10-16,18-19,25,27-30H,3,6-7,21H2,1H3,(H,22,26)(H,33,34)(H,35,36)(H,23,31,32)/b4-2+/t10?,11-,12?,13?,14-,15?,16-,18-,19?/m1/s1. The Labute approximate surface area is 241 Å². The van der Waals surface area contributed by atoms with E-state index in [1.54, 1.807) is 0 Å². The first-order valence-electron chi connectivity index (χ1n) is 12.3. The number of nitrogens with zero attached hydrogens (tertiary/aromatic N) is 1. The highest BCUT2D eigenvalue weighted by atomic mass is 31.3. The Bertz CT molecular complexity index is 1390. The van der Waals surface area contributed by atoms with Gasteiger partial charge in [0.15, 0.2) is 12.5 Å². The van der Waals surface area contributed by atoms with E-state index in [1.807, 2.05) is 4.98 Å². The Morgan fingerprint density at radius 3 is 2.35 bits per heavy atom. The fourth-order valence-electron chi connectivity index (χ4n) is 4.19. The van der Waals surface area contributed by atoms with Crippen molar-refractivity contribution in [3.05, 3.63) is 44.9 Å². The van der Waals surface area contributed by atoms with E-state index in [1.165, 1.54) is 6.08 Å². The molecule has 11 N–H and O–H groups in total. The summed E-state index contributed by atoms with van der Waals surface area (Å²) in [6.45, 7) is -0.974. The van der Waals surface area contributed by atoms with E-state index in [2.05, 4.69) is 18.7 Å². The number of hydrogen-bond donors (Lipinski definition) is 10. The molecule has 1 aromatic rings. The fourth-order valence-corrected chi connectivity index (χ4v) is 6.35. The van der Waals surface area contributed by atoms with Crippen LogP contribution < -0.4 is 22.3 Å². The number of phosphoric acid groups is 2. The van der Waals surface area contributed by atoms with Crippen LogP contribution in [0.4, 0.5) is 0 Å². The third-order valence-electron chi connectivity index (χ3n) is 6.22. The van der Waals surface area contributed by atoms with E-state index in [4.69, 9.17) is 15.2 Å². The van der Waals surface area contributed by atoms with Gasteiger partial charge in [-0.05, 0) is 12.6 Å². The van der Waals surface area contributed by atoms with Gasteiger partial charge in [0, 0.05) is 18.7 Å². The van der Waals surface area contributed by atoms with Crippen molar-refractivity contribution >= 4 is 21.6 Å². The van der Waals surface area contributed by atoms with Gasteiger partial charge in [0.1, 0.15) is 42.7 Å². The summed E-state index contributed by atoms with van der Waals surface area (Å²) in [6, 6.07) is -1.71. The Balaban J connectivity index is 1.69. The van der Waals surface area contributed by atoms with Crippen LogP contribution in [-0.4, -0.2) is 113 Å². The summed E-state index contributed by atoms with van der Waals surface area (Å²) in [4.78, 5) is 57.9. The first-order valence-corrected chi connectivity index (χ1v) is 15.3. The van der Waals surface area contributed by atoms with Crippen molar-refractivity contribution < 1.29 is 72.1 Å². The van der Waals surface area contributed by atoms with Crippen LogP contribution in [-0.2, 0) is 43.2 Å². The molecule has 2 aliphatic heterocycles. The van der Waals surface area contributed by atoms with E-state index in [0.717, 1.165) is 23.9 Å². The average Bonchev–Trinajstić information content (AvgIpc) is 3.18. The van der Waals surface area contributed by atoms with E-state index < -0.39 is 101 Å². The number of aliphatic hydroxyl groups is 5. The second-order valence-corrected chi connectivity index (χ2v) is 12.3. The number of H-pyrrole nitrogens is 1. The van der Waals surface area contributed by atoms with Gasteiger partial charge in [-0.25, -0.2) is 13.9 Å². The van der Waals surface area contributed by atoms with E-state index in [0.29, 0.717) is 0 Å². The Morgan fingerprint density at radius 2 is 1.74 bits per heavy atom. The van der Waals surface area contributed by atoms with Crippen LogP contribution in [0.2, 0.25) is 0 Å². The second-order valence-electron chi connectivity index (χ2n) is 9.35. The normalized spacial score (nSPS) is 34.1. The molecule has 3 rings (SSSR count). The van der Waals surface area contributed by atoms with Gasteiger partial charge >= 0.3 is 21.3 Å². The number of allylic oxidation sites excluding steroid dienone is 1. The molecular weight excluding hydrogens is 630 g/mol. The summed E-state index contributed by atoms with van der Waals surface area (Å²) >= 11 is 0. The minimum Gasteiger partial charge on any atom is -0.405 e. The maximum absolute atomic E-state index is 12.5. The molecule has 0 aromatic carbocycles. The van der Waals surface area contributed by atoms with Crippen molar-refractivity contribution in [1.29, 1.82) is 0 Å². The van der Waals surface area contributed by atoms with Gasteiger partial charge in [0.2, 0.25) is 5.91 Å². The van der Waals surface area contributed by atoms with Gasteiger partial charge in [-0.3, -0.25) is 28.2 Å². The minimum absolute atomic E-state index is 0.00397. The number of aliphatic hydroxyl groups excluding tert-OH is 5. The van der Waals surface area contributed by atoms with Gasteiger partial charge in [0.05, 0.1) is 13.2 Å². The molecule has 2 saturated heterocycles. The number of nitrogens with two attached hydrogens (primary N) is 1. The number of ether oxygens (including phenoxy) is 2. The number of carbonyl (C=O) groups is 1. The van der Waals surface area contributed by atoms with Gasteiger partial charge < -0.3 is 55.8 Å². The maximum Gasteiger partial charge on any atom is 0.483 e. The molecule has 0 spiro atoms. The fraction of sp³-hybridized carbons (Fsp3) is 0.650. The van der Waals surface area contributed by atoms with E-state index in [-0.39, 0.29) is 12.0 Å². The van der Waals surface area contributed by atoms with Crippen molar-refractivity contribution in [3.63, 3.8) is 0 Å². The van der Waals surface area contributed by atoms with Crippen molar-refractivity contribution in [2.24, 2.45) is 5.73 Å². The number of rotatable bonds is 12. The smallest absolute Gasteiger partial charge is 0.405 e. The van der Waals surface area contributed by atoms with Crippen molar-refractivity contribution in [3.8, 4) is 0 Å². The van der Waals surface area contributed by atoms with Crippen LogP contribution in [0, 0.1) is 0 Å². The molecule has 21 nitrogen and oxygen atoms in total. The highest BCUT2D eigenvalue weighted by Crippen LogP contribution is 2.61. The number of amides is 1. The highest BCUT2D eigenvalue weighted by Gasteiger charge is 2.50. The summed E-state index contributed by atoms with van der Waals surface area (Å²) < 4.78 is 49.7. The quantitative estimate of drug-likeness (QED) is 0.0941. The van der Waals surface area contributed by atoms with Gasteiger partial charge in [0.25, 0.3) is 5.56 Å². The lowest BCUT2D eigenvalue weighted by Gasteiger charge is -2.42. The lowest BCUT2D eigenvalue weighted by Crippen LogP contribution is -2.64. The average molecular weight is 662 g/mol. The second kappa shape index (κ2) is 14.2. The van der Waals surface area contributed by atoms with Crippen molar-refractivity contribution in [1.82, 2.24) is 14.9 Å². The predicted molar refractivity (Wildman–Crippen MR) is 137 cm³/mol. The van der Waals surface area contributed by atoms with Crippen LogP contribution >= 0.6 is 15.6 Å². The molecule has 3 heterocycles. The number of carbonyl (C=O) groups excluding carboxylic acids is 1. The van der Waals surface area contributed by atoms with Crippen LogP contribution in [0.3, 0.4) is 0 Å². The van der Waals surface area contributed by atoms with Crippen LogP contribution in [0.1, 0.15) is 18.7 Å². The zero-order valence-electron chi connectivity index (χ0n) is 22.2. The summed E-state index contributed by atoms with van der Waals surface area (Å²) in [5.74, 6) is -0.802. The third kappa shape index (κ3) is 8.65. The molecule has 1 aromatic heterocycles. The molecule has 2 fully saturated rings. The topological polar surface area (TPSA) is 332 Å². The molecule has 23 heteroatoms. The van der Waals surface area contributed by atoms with Gasteiger partial charge in [-0.1, -0.05) is 6.08 Å². The monoisotopic (exact) mass is 662 g/mol. The Hall–Kier alpha value is -2.33. The molecule has 43 heavy (non-hydrogen) atoms. The van der Waals surface area contributed by atoms with E-state index >= 15 is 0 Å². The summed E-state index contributed by atoms with van der Waals surface area (Å²) in [5, 5.41) is 52.5. The number of aromatic amines is 1. The molecule has 0 saturated carbocycles. The zero-order chi connectivity index (χ0) is 32.3. The first-order chi connectivity index (χ1) is 20.0. The number of nitrogens with one attached hydrogen (secondary N) is 2. The van der Waals surface area contributed by atoms with E-state index in [9.17, 15) is 58.8 Å². The lowest BCUT2D eigenvalue weighted by molar-refractivity contribution is -0.247. The van der Waals surface area contributed by atoms with Crippen LogP contribution in [0.5, 0.6) is 0 Å². The summed E-state index contributed by atoms with van der Waals surface area (Å²) in [7, 11) is -11.2. The highest BCUT2D eigenvalue weighted by molar-refractivity contribution is 7.61. The minimum atomic E-state index is -5.66. The molecule has 0 radical (unpaired) electrons. The summed E-state index contributed by atoms with van der Waals surface area (Å²) in [6.07, 6.45) is -10.6. The number of phosphoric ester groups is 2. The molecule has 244 valence electrons. The van der Waals surface area contributed by atoms with Gasteiger partial charge in [-0.15, -0.1) is 0 Å². The third-order valence-corrected chi connectivity index (χ3v) is 8.82. The first kappa shape index (κ1) is 35.2. The zero-order valence-corrected chi connectivity index (χ0v) is 24.0. The molecule has 0 aliphatic carbocycles. The molecule has 0 bridgehead atoms. The molecule has 2 aliphatic rings. The van der Waals surface area contributed by atoms with Crippen LogP contribution in [0.25, 0.3) is 0 Å². The lowest BCUT2D eigenvalue weighted by atomic mass is 9.97. The SMILES string of the molecule is CC(=O)NC1C(OP(=O)(O)OP(=O)(O)OC[C@H]2O[C@@H](n3cc(C/C=C/N)c(=O)[nH]c3=O)[C@H](O)[C@@H]2O)OC(CO)C(O)C1O. The molecular formula is C20H32N4O17P2. The van der Waals surface area contributed by atoms with Crippen molar-refractivity contribution in [2.45, 2.75) is 68.5 Å². The maximum atomic E-state index is 12.5. The van der Waals surface area contributed by atoms with Gasteiger partial charge in [-0.2, -0.15) is 4.31 Å². The molecule has 7 unspecified atom stereocenters.